The number of hydrogen-bond donors (Lipinski definition) is 0. The first-order valence-electron chi connectivity index (χ1n) is 6.41. The molecule has 0 amide bonds. The number of alkyl halides is 2. The average molecular weight is 324 g/mol. The number of ketones is 1. The summed E-state index contributed by atoms with van der Waals surface area (Å²) in [5.41, 5.74) is 0.653. The molecule has 116 valence electrons. The topological polar surface area (TPSA) is 35.5 Å². The van der Waals surface area contributed by atoms with Crippen LogP contribution in [0.4, 0.5) is 8.78 Å². The third-order valence-electron chi connectivity index (χ3n) is 2.81. The molecule has 0 atom stereocenters. The van der Waals surface area contributed by atoms with Crippen molar-refractivity contribution >= 4 is 23.2 Å². The van der Waals surface area contributed by atoms with Crippen molar-refractivity contribution in [1.82, 2.24) is 0 Å². The van der Waals surface area contributed by atoms with E-state index < -0.39 is 6.61 Å². The molecule has 0 radical (unpaired) electrons. The average Bonchev–Trinajstić information content (AvgIpc) is 2.92. The molecule has 1 heterocycles. The Kier molecular flexibility index (Phi) is 5.27. The summed E-state index contributed by atoms with van der Waals surface area (Å²) in [5, 5.41) is 0. The number of methoxy groups -OCH3 is 1. The van der Waals surface area contributed by atoms with E-state index in [1.165, 1.54) is 36.7 Å². The first kappa shape index (κ1) is 16.2. The summed E-state index contributed by atoms with van der Waals surface area (Å²) in [6, 6.07) is 8.13. The van der Waals surface area contributed by atoms with Gasteiger partial charge in [0.1, 0.15) is 0 Å². The molecule has 0 saturated carbocycles. The van der Waals surface area contributed by atoms with E-state index in [0.717, 1.165) is 4.88 Å². The van der Waals surface area contributed by atoms with Gasteiger partial charge in [-0.25, -0.2) is 0 Å². The summed E-state index contributed by atoms with van der Waals surface area (Å²) >= 11 is 1.42. The molecular weight excluding hydrogens is 310 g/mol. The van der Waals surface area contributed by atoms with E-state index in [9.17, 15) is 13.6 Å². The van der Waals surface area contributed by atoms with Crippen LogP contribution in [0.15, 0.2) is 36.4 Å². The molecule has 2 aromatic rings. The number of thiophene rings is 1. The molecule has 0 aliphatic heterocycles. The highest BCUT2D eigenvalue weighted by Crippen LogP contribution is 2.30. The number of ether oxygens (including phenoxy) is 2. The van der Waals surface area contributed by atoms with Crippen LogP contribution >= 0.6 is 11.3 Å². The van der Waals surface area contributed by atoms with Crippen LogP contribution in [0.5, 0.6) is 11.5 Å². The zero-order valence-corrected chi connectivity index (χ0v) is 12.8. The lowest BCUT2D eigenvalue weighted by molar-refractivity contribution is -0.0512. The Morgan fingerprint density at radius 2 is 2.00 bits per heavy atom. The van der Waals surface area contributed by atoms with E-state index in [1.807, 2.05) is 13.0 Å². The third-order valence-corrected chi connectivity index (χ3v) is 3.83. The molecule has 1 aromatic carbocycles. The van der Waals surface area contributed by atoms with Crippen molar-refractivity contribution in [2.24, 2.45) is 0 Å². The molecule has 0 bridgehead atoms. The number of aryl methyl sites for hydroxylation is 1. The zero-order valence-electron chi connectivity index (χ0n) is 12.0. The minimum absolute atomic E-state index is 0.0464. The molecule has 6 heteroatoms. The van der Waals surface area contributed by atoms with E-state index in [2.05, 4.69) is 4.74 Å². The van der Waals surface area contributed by atoms with Crippen molar-refractivity contribution in [2.75, 3.05) is 7.11 Å². The van der Waals surface area contributed by atoms with Crippen molar-refractivity contribution < 1.29 is 23.0 Å². The fraction of sp³-hybridized carbons (Fsp3) is 0.188. The van der Waals surface area contributed by atoms with Gasteiger partial charge in [0.05, 0.1) is 12.0 Å². The zero-order chi connectivity index (χ0) is 16.1. The van der Waals surface area contributed by atoms with Crippen LogP contribution < -0.4 is 9.47 Å². The number of allylic oxidation sites excluding steroid dienone is 1. The Hall–Kier alpha value is -2.21. The Bertz CT molecular complexity index is 692. The minimum atomic E-state index is -2.92. The summed E-state index contributed by atoms with van der Waals surface area (Å²) in [5.74, 6) is 0.0294. The minimum Gasteiger partial charge on any atom is -0.493 e. The maximum atomic E-state index is 12.2. The number of hydrogen-bond acceptors (Lipinski definition) is 4. The van der Waals surface area contributed by atoms with Gasteiger partial charge in [-0.1, -0.05) is 12.1 Å². The third kappa shape index (κ3) is 4.14. The lowest BCUT2D eigenvalue weighted by Gasteiger charge is -2.10. The Morgan fingerprint density at radius 3 is 2.59 bits per heavy atom. The lowest BCUT2D eigenvalue weighted by atomic mass is 10.1. The Balaban J connectivity index is 2.15. The summed E-state index contributed by atoms with van der Waals surface area (Å²) in [6.45, 7) is -0.989. The van der Waals surface area contributed by atoms with Crippen LogP contribution in [0.3, 0.4) is 0 Å². The van der Waals surface area contributed by atoms with Gasteiger partial charge in [0.15, 0.2) is 17.3 Å². The molecule has 0 saturated heterocycles. The maximum absolute atomic E-state index is 12.2. The molecule has 0 aliphatic carbocycles. The van der Waals surface area contributed by atoms with Gasteiger partial charge in [0, 0.05) is 4.88 Å². The van der Waals surface area contributed by atoms with E-state index in [0.29, 0.717) is 10.4 Å². The summed E-state index contributed by atoms with van der Waals surface area (Å²) < 4.78 is 33.8. The standard InChI is InChI=1S/C16H14F2O3S/c1-10-3-8-15(22-10)12(19)6-4-11-5-7-13(21-16(17)18)14(9-11)20-2/h3-9,16H,1-2H3/b6-4+. The molecule has 1 aromatic heterocycles. The van der Waals surface area contributed by atoms with Crippen LogP contribution in [-0.4, -0.2) is 19.5 Å². The SMILES string of the molecule is COc1cc(/C=C/C(=O)c2ccc(C)s2)ccc1OC(F)F. The first-order chi connectivity index (χ1) is 10.5. The van der Waals surface area contributed by atoms with Crippen LogP contribution in [0, 0.1) is 6.92 Å². The van der Waals surface area contributed by atoms with Crippen LogP contribution in [0.2, 0.25) is 0 Å². The molecule has 3 nitrogen and oxygen atoms in total. The van der Waals surface area contributed by atoms with Crippen LogP contribution in [0.1, 0.15) is 20.1 Å². The molecule has 0 fully saturated rings. The Labute approximate surface area is 130 Å². The molecule has 2 rings (SSSR count). The number of carbonyl (C=O) groups is 1. The van der Waals surface area contributed by atoms with Gasteiger partial charge in [-0.15, -0.1) is 11.3 Å². The van der Waals surface area contributed by atoms with Gasteiger partial charge in [-0.3, -0.25) is 4.79 Å². The second-order valence-electron chi connectivity index (χ2n) is 4.40. The van der Waals surface area contributed by atoms with E-state index in [-0.39, 0.29) is 17.3 Å². The van der Waals surface area contributed by atoms with Gasteiger partial charge in [0.25, 0.3) is 0 Å². The normalized spacial score (nSPS) is 11.1. The van der Waals surface area contributed by atoms with Gasteiger partial charge in [-0.2, -0.15) is 8.78 Å². The quantitative estimate of drug-likeness (QED) is 0.577. The van der Waals surface area contributed by atoms with Crippen molar-refractivity contribution in [3.63, 3.8) is 0 Å². The number of halogens is 2. The van der Waals surface area contributed by atoms with E-state index in [4.69, 9.17) is 4.74 Å². The highest BCUT2D eigenvalue weighted by Gasteiger charge is 2.10. The highest BCUT2D eigenvalue weighted by molar-refractivity contribution is 7.14. The molecule has 0 unspecified atom stereocenters. The van der Waals surface area contributed by atoms with Crippen molar-refractivity contribution in [1.29, 1.82) is 0 Å². The smallest absolute Gasteiger partial charge is 0.387 e. The maximum Gasteiger partial charge on any atom is 0.387 e. The summed E-state index contributed by atoms with van der Waals surface area (Å²) in [4.78, 5) is 13.7. The number of rotatable bonds is 6. The predicted octanol–water partition coefficient (Wildman–Crippen LogP) is 4.56. The van der Waals surface area contributed by atoms with Gasteiger partial charge in [0.2, 0.25) is 0 Å². The van der Waals surface area contributed by atoms with Gasteiger partial charge in [-0.05, 0) is 42.8 Å². The van der Waals surface area contributed by atoms with Crippen LogP contribution in [0.25, 0.3) is 6.08 Å². The number of benzene rings is 1. The fourth-order valence-electron chi connectivity index (χ4n) is 1.80. The Morgan fingerprint density at radius 1 is 1.23 bits per heavy atom. The predicted molar refractivity (Wildman–Crippen MR) is 82.0 cm³/mol. The summed E-state index contributed by atoms with van der Waals surface area (Å²) in [6.07, 6.45) is 3.04. The number of carbonyl (C=O) groups excluding carboxylic acids is 1. The van der Waals surface area contributed by atoms with Crippen LogP contribution in [-0.2, 0) is 0 Å². The van der Waals surface area contributed by atoms with Gasteiger partial charge < -0.3 is 9.47 Å². The lowest BCUT2D eigenvalue weighted by Crippen LogP contribution is -2.03. The summed E-state index contributed by atoms with van der Waals surface area (Å²) in [7, 11) is 1.36. The molecular formula is C16H14F2O3S. The first-order valence-corrected chi connectivity index (χ1v) is 7.23. The fourth-order valence-corrected chi connectivity index (χ4v) is 2.59. The largest absolute Gasteiger partial charge is 0.493 e. The van der Waals surface area contributed by atoms with Crippen molar-refractivity contribution in [2.45, 2.75) is 13.5 Å². The van der Waals surface area contributed by atoms with Gasteiger partial charge >= 0.3 is 6.61 Å². The molecule has 0 aliphatic rings. The van der Waals surface area contributed by atoms with E-state index >= 15 is 0 Å². The van der Waals surface area contributed by atoms with Crippen molar-refractivity contribution in [3.8, 4) is 11.5 Å². The molecule has 0 N–H and O–H groups in total. The van der Waals surface area contributed by atoms with E-state index in [1.54, 1.807) is 18.2 Å². The van der Waals surface area contributed by atoms with Crippen molar-refractivity contribution in [3.05, 3.63) is 51.7 Å². The second kappa shape index (κ2) is 7.17. The molecule has 0 spiro atoms. The molecule has 22 heavy (non-hydrogen) atoms. The highest BCUT2D eigenvalue weighted by atomic mass is 32.1. The second-order valence-corrected chi connectivity index (χ2v) is 5.68. The monoisotopic (exact) mass is 324 g/mol.